The summed E-state index contributed by atoms with van der Waals surface area (Å²) in [7, 11) is 7.17. The van der Waals surface area contributed by atoms with Crippen molar-refractivity contribution < 1.29 is 37.3 Å². The van der Waals surface area contributed by atoms with E-state index < -0.39 is 12.1 Å². The molecule has 1 saturated carbocycles. The van der Waals surface area contributed by atoms with Crippen molar-refractivity contribution in [1.82, 2.24) is 15.3 Å². The summed E-state index contributed by atoms with van der Waals surface area (Å²) in [6.07, 6.45) is -1.11. The second-order valence-corrected chi connectivity index (χ2v) is 10.7. The van der Waals surface area contributed by atoms with Crippen LogP contribution in [-0.2, 0) is 16.0 Å². The lowest BCUT2D eigenvalue weighted by Gasteiger charge is -2.30. The van der Waals surface area contributed by atoms with E-state index in [2.05, 4.69) is 26.6 Å². The molecule has 0 spiro atoms. The normalized spacial score (nSPS) is 16.6. The molecular formula is C28H33BrF3N5O5. The van der Waals surface area contributed by atoms with Crippen LogP contribution in [0.4, 0.5) is 24.9 Å². The summed E-state index contributed by atoms with van der Waals surface area (Å²) in [5, 5.41) is 14.9. The first-order valence-electron chi connectivity index (χ1n) is 13.0. The largest absolute Gasteiger partial charge is 0.493 e. The molecule has 2 aromatic carbocycles. The first-order valence-corrected chi connectivity index (χ1v) is 13.8. The molecule has 4 rings (SSSR count). The summed E-state index contributed by atoms with van der Waals surface area (Å²) in [5.74, 6) is 0.0368. The number of hydrogen-bond acceptors (Lipinski definition) is 8. The summed E-state index contributed by atoms with van der Waals surface area (Å²) >= 11 is 3.53. The van der Waals surface area contributed by atoms with Gasteiger partial charge in [-0.2, -0.15) is 18.2 Å². The van der Waals surface area contributed by atoms with Gasteiger partial charge in [0.25, 0.3) is 0 Å². The summed E-state index contributed by atoms with van der Waals surface area (Å²) in [4.78, 5) is 33.1. The van der Waals surface area contributed by atoms with Gasteiger partial charge in [-0.15, -0.1) is 0 Å². The van der Waals surface area contributed by atoms with Crippen molar-refractivity contribution >= 4 is 50.5 Å². The zero-order valence-electron chi connectivity index (χ0n) is 23.6. The number of carboxylic acids is 1. The summed E-state index contributed by atoms with van der Waals surface area (Å²) < 4.78 is 43.2. The van der Waals surface area contributed by atoms with Crippen molar-refractivity contribution in [3.05, 3.63) is 46.4 Å². The molecule has 3 aromatic rings. The van der Waals surface area contributed by atoms with Gasteiger partial charge in [-0.1, -0.05) is 28.1 Å². The Morgan fingerprint density at radius 2 is 1.60 bits per heavy atom. The number of carbonyl (C=O) groups excluding carboxylic acids is 1. The number of anilines is 2. The van der Waals surface area contributed by atoms with Crippen LogP contribution in [0.3, 0.4) is 0 Å². The smallest absolute Gasteiger partial charge is 0.490 e. The molecule has 1 amide bonds. The molecule has 0 aliphatic heterocycles. The number of amides is 1. The number of ether oxygens (including phenoxy) is 2. The third kappa shape index (κ3) is 8.84. The monoisotopic (exact) mass is 655 g/mol. The average Bonchev–Trinajstić information content (AvgIpc) is 2.94. The van der Waals surface area contributed by atoms with Gasteiger partial charge >= 0.3 is 12.1 Å². The number of methoxy groups -OCH3 is 2. The third-order valence-electron chi connectivity index (χ3n) is 6.58. The highest BCUT2D eigenvalue weighted by Crippen LogP contribution is 2.33. The van der Waals surface area contributed by atoms with Gasteiger partial charge in [0.15, 0.2) is 11.5 Å². The molecule has 1 aromatic heterocycles. The summed E-state index contributed by atoms with van der Waals surface area (Å²) in [5.41, 5.74) is 1.79. The van der Waals surface area contributed by atoms with Gasteiger partial charge in [0, 0.05) is 36.0 Å². The molecule has 0 unspecified atom stereocenters. The standard InChI is InChI=1S/C26H32BrN5O3.C2HF3O2/c1-32(2)25-19-7-5-6-8-21(19)30-26(31-25)29-18-11-9-17(10-12-18)28-24(33)14-16-13-22(34-3)23(35-4)15-20(16)27;3-2(4,5)1(6)7/h5-8,13,15,17-18H,9-12,14H2,1-4H3,(H,28,33)(H,29,30,31);(H,6,7). The van der Waals surface area contributed by atoms with Crippen LogP contribution >= 0.6 is 15.9 Å². The highest BCUT2D eigenvalue weighted by atomic mass is 79.9. The average molecular weight is 657 g/mol. The maximum Gasteiger partial charge on any atom is 0.490 e. The number of alkyl halides is 3. The molecule has 1 aliphatic carbocycles. The Morgan fingerprint density at radius 1 is 1.02 bits per heavy atom. The van der Waals surface area contributed by atoms with Crippen molar-refractivity contribution in [1.29, 1.82) is 0 Å². The number of para-hydroxylation sites is 1. The van der Waals surface area contributed by atoms with Crippen LogP contribution in [0.1, 0.15) is 31.2 Å². The predicted octanol–water partition coefficient (Wildman–Crippen LogP) is 5.19. The van der Waals surface area contributed by atoms with Crippen LogP contribution in [-0.4, -0.2) is 73.5 Å². The number of aliphatic carboxylic acids is 1. The van der Waals surface area contributed by atoms with Gasteiger partial charge in [0.1, 0.15) is 5.82 Å². The number of carbonyl (C=O) groups is 2. The molecule has 1 fully saturated rings. The Bertz CT molecular complexity index is 1400. The van der Waals surface area contributed by atoms with E-state index in [0.29, 0.717) is 17.4 Å². The first-order chi connectivity index (χ1) is 19.8. The number of carboxylic acid groups (broad SMARTS) is 1. The molecule has 42 heavy (non-hydrogen) atoms. The van der Waals surface area contributed by atoms with Gasteiger partial charge in [0.2, 0.25) is 11.9 Å². The Kier molecular flexibility index (Phi) is 11.2. The number of benzene rings is 2. The molecule has 0 saturated heterocycles. The molecule has 1 aliphatic rings. The molecule has 14 heteroatoms. The van der Waals surface area contributed by atoms with E-state index in [-0.39, 0.29) is 24.4 Å². The predicted molar refractivity (Wildman–Crippen MR) is 156 cm³/mol. The SMILES string of the molecule is COc1cc(Br)c(CC(=O)NC2CCC(Nc3nc(N(C)C)c4ccccc4n3)CC2)cc1OC.O=C(O)C(F)(F)F. The number of hydrogen-bond donors (Lipinski definition) is 3. The third-order valence-corrected chi connectivity index (χ3v) is 7.32. The van der Waals surface area contributed by atoms with Crippen LogP contribution < -0.4 is 25.0 Å². The lowest BCUT2D eigenvalue weighted by atomic mass is 9.91. The molecule has 228 valence electrons. The second-order valence-electron chi connectivity index (χ2n) is 9.82. The molecule has 3 N–H and O–H groups in total. The van der Waals surface area contributed by atoms with Crippen LogP contribution in [0, 0.1) is 0 Å². The number of nitrogens with zero attached hydrogens (tertiary/aromatic N) is 3. The van der Waals surface area contributed by atoms with Crippen LogP contribution in [0.15, 0.2) is 40.9 Å². The van der Waals surface area contributed by atoms with E-state index in [1.54, 1.807) is 14.2 Å². The molecule has 0 radical (unpaired) electrons. The summed E-state index contributed by atoms with van der Waals surface area (Å²) in [6, 6.07) is 12.2. The summed E-state index contributed by atoms with van der Waals surface area (Å²) in [6.45, 7) is 0. The van der Waals surface area contributed by atoms with Gasteiger partial charge in [-0.25, -0.2) is 9.78 Å². The Labute approximate surface area is 249 Å². The van der Waals surface area contributed by atoms with Crippen molar-refractivity contribution in [2.24, 2.45) is 0 Å². The number of nitrogens with one attached hydrogen (secondary N) is 2. The minimum absolute atomic E-state index is 0.00261. The lowest BCUT2D eigenvalue weighted by Crippen LogP contribution is -2.41. The van der Waals surface area contributed by atoms with Gasteiger partial charge < -0.3 is 30.1 Å². The molecule has 1 heterocycles. The Morgan fingerprint density at radius 3 is 2.17 bits per heavy atom. The number of halogens is 4. The maximum absolute atomic E-state index is 12.7. The highest BCUT2D eigenvalue weighted by molar-refractivity contribution is 9.10. The van der Waals surface area contributed by atoms with E-state index in [1.807, 2.05) is 55.4 Å². The van der Waals surface area contributed by atoms with E-state index in [1.165, 1.54) is 0 Å². The minimum atomic E-state index is -5.08. The number of aromatic nitrogens is 2. The van der Waals surface area contributed by atoms with Crippen LogP contribution in [0.2, 0.25) is 0 Å². The quantitative estimate of drug-likeness (QED) is 0.301. The van der Waals surface area contributed by atoms with Gasteiger partial charge in [-0.3, -0.25) is 4.79 Å². The lowest BCUT2D eigenvalue weighted by molar-refractivity contribution is -0.192. The number of fused-ring (bicyclic) bond motifs is 1. The van der Waals surface area contributed by atoms with Crippen molar-refractivity contribution in [2.75, 3.05) is 38.5 Å². The molecule has 0 bridgehead atoms. The molecule has 0 atom stereocenters. The first kappa shape index (κ1) is 32.7. The van der Waals surface area contributed by atoms with Gasteiger partial charge in [0.05, 0.1) is 26.2 Å². The number of rotatable bonds is 8. The molecular weight excluding hydrogens is 623 g/mol. The zero-order valence-corrected chi connectivity index (χ0v) is 25.2. The maximum atomic E-state index is 12.7. The van der Waals surface area contributed by atoms with Crippen LogP contribution in [0.5, 0.6) is 11.5 Å². The second kappa shape index (κ2) is 14.4. The van der Waals surface area contributed by atoms with E-state index >= 15 is 0 Å². The van der Waals surface area contributed by atoms with Crippen molar-refractivity contribution in [2.45, 2.75) is 50.4 Å². The fourth-order valence-electron chi connectivity index (χ4n) is 4.51. The van der Waals surface area contributed by atoms with E-state index in [4.69, 9.17) is 29.3 Å². The Hall–Kier alpha value is -3.81. The van der Waals surface area contributed by atoms with E-state index in [0.717, 1.165) is 52.4 Å². The molecule has 10 nitrogen and oxygen atoms in total. The van der Waals surface area contributed by atoms with Gasteiger partial charge in [-0.05, 0) is 55.5 Å². The van der Waals surface area contributed by atoms with Crippen molar-refractivity contribution in [3.8, 4) is 11.5 Å². The fraction of sp³-hybridized carbons (Fsp3) is 0.429. The topological polar surface area (TPSA) is 126 Å². The van der Waals surface area contributed by atoms with Crippen molar-refractivity contribution in [3.63, 3.8) is 0 Å². The van der Waals surface area contributed by atoms with Crippen LogP contribution in [0.25, 0.3) is 10.9 Å². The Balaban J connectivity index is 0.000000616. The fourth-order valence-corrected chi connectivity index (χ4v) is 4.98. The highest BCUT2D eigenvalue weighted by Gasteiger charge is 2.38. The zero-order chi connectivity index (χ0) is 31.0. The van der Waals surface area contributed by atoms with E-state index in [9.17, 15) is 18.0 Å². The minimum Gasteiger partial charge on any atom is -0.493 e.